The van der Waals surface area contributed by atoms with Crippen molar-refractivity contribution >= 4 is 11.5 Å². The number of hydrogen-bond acceptors (Lipinski definition) is 2. The van der Waals surface area contributed by atoms with Crippen molar-refractivity contribution in [2.75, 3.05) is 6.54 Å². The van der Waals surface area contributed by atoms with Crippen LogP contribution in [0.5, 0.6) is 0 Å². The molecule has 0 aromatic heterocycles. The van der Waals surface area contributed by atoms with Gasteiger partial charge in [0, 0.05) is 12.3 Å². The topological polar surface area (TPSA) is 29.4 Å². The Morgan fingerprint density at radius 2 is 2.17 bits per heavy atom. The molecule has 2 heteroatoms. The van der Waals surface area contributed by atoms with Crippen LogP contribution in [0.2, 0.25) is 0 Å². The SMILES string of the molecule is CCN=C(C1CC1)C(C)C(C)=O. The standard InChI is InChI=1S/C10H17NO/c1-4-11-10(9-5-6-9)7(2)8(3)12/h7,9H,4-6H2,1-3H3. The molecule has 0 aromatic rings. The summed E-state index contributed by atoms with van der Waals surface area (Å²) in [5.41, 5.74) is 1.14. The van der Waals surface area contributed by atoms with E-state index in [0.717, 1.165) is 12.3 Å². The molecule has 0 N–H and O–H groups in total. The van der Waals surface area contributed by atoms with E-state index in [1.165, 1.54) is 12.8 Å². The zero-order valence-corrected chi connectivity index (χ0v) is 8.13. The van der Waals surface area contributed by atoms with Gasteiger partial charge in [0.25, 0.3) is 0 Å². The van der Waals surface area contributed by atoms with E-state index in [2.05, 4.69) is 4.99 Å². The van der Waals surface area contributed by atoms with Crippen molar-refractivity contribution in [1.29, 1.82) is 0 Å². The summed E-state index contributed by atoms with van der Waals surface area (Å²) in [5.74, 6) is 0.926. The van der Waals surface area contributed by atoms with Crippen molar-refractivity contribution < 1.29 is 4.79 Å². The molecule has 0 spiro atoms. The number of carbonyl (C=O) groups excluding carboxylic acids is 1. The fraction of sp³-hybridized carbons (Fsp3) is 0.800. The summed E-state index contributed by atoms with van der Waals surface area (Å²) in [6, 6.07) is 0. The molecule has 0 heterocycles. The average Bonchev–Trinajstić information content (AvgIpc) is 2.81. The van der Waals surface area contributed by atoms with Gasteiger partial charge < -0.3 is 0 Å². The molecule has 0 aromatic carbocycles. The van der Waals surface area contributed by atoms with Gasteiger partial charge >= 0.3 is 0 Å². The first-order valence-corrected chi connectivity index (χ1v) is 4.71. The number of Topliss-reactive ketones (excluding diaryl/α,β-unsaturated/α-hetero) is 1. The van der Waals surface area contributed by atoms with E-state index < -0.39 is 0 Å². The fourth-order valence-corrected chi connectivity index (χ4v) is 1.39. The zero-order valence-electron chi connectivity index (χ0n) is 8.13. The summed E-state index contributed by atoms with van der Waals surface area (Å²) in [5, 5.41) is 0. The summed E-state index contributed by atoms with van der Waals surface area (Å²) in [6.07, 6.45) is 2.47. The maximum atomic E-state index is 11.1. The third-order valence-electron chi connectivity index (χ3n) is 2.39. The van der Waals surface area contributed by atoms with Crippen molar-refractivity contribution in [2.24, 2.45) is 16.8 Å². The van der Waals surface area contributed by atoms with E-state index in [-0.39, 0.29) is 11.7 Å². The molecule has 68 valence electrons. The van der Waals surface area contributed by atoms with Gasteiger partial charge in [-0.2, -0.15) is 0 Å². The molecule has 0 bridgehead atoms. The molecule has 12 heavy (non-hydrogen) atoms. The normalized spacial score (nSPS) is 20.8. The molecule has 1 rings (SSSR count). The number of hydrogen-bond donors (Lipinski definition) is 0. The van der Waals surface area contributed by atoms with Crippen LogP contribution < -0.4 is 0 Å². The third-order valence-corrected chi connectivity index (χ3v) is 2.39. The lowest BCUT2D eigenvalue weighted by Crippen LogP contribution is -2.20. The molecule has 0 saturated heterocycles. The summed E-state index contributed by atoms with van der Waals surface area (Å²) in [4.78, 5) is 15.5. The fourth-order valence-electron chi connectivity index (χ4n) is 1.39. The van der Waals surface area contributed by atoms with Crippen LogP contribution in [-0.4, -0.2) is 18.0 Å². The van der Waals surface area contributed by atoms with Gasteiger partial charge in [-0.15, -0.1) is 0 Å². The van der Waals surface area contributed by atoms with Crippen molar-refractivity contribution in [2.45, 2.75) is 33.6 Å². The van der Waals surface area contributed by atoms with E-state index in [9.17, 15) is 4.79 Å². The van der Waals surface area contributed by atoms with Gasteiger partial charge in [-0.05, 0) is 32.6 Å². The van der Waals surface area contributed by atoms with E-state index in [4.69, 9.17) is 0 Å². The van der Waals surface area contributed by atoms with Crippen molar-refractivity contribution in [3.63, 3.8) is 0 Å². The second-order valence-electron chi connectivity index (χ2n) is 3.51. The van der Waals surface area contributed by atoms with Gasteiger partial charge in [-0.1, -0.05) is 6.92 Å². The molecule has 0 radical (unpaired) electrons. The largest absolute Gasteiger partial charge is 0.299 e. The molecule has 1 atom stereocenters. The second kappa shape index (κ2) is 3.83. The van der Waals surface area contributed by atoms with Crippen LogP contribution in [0.1, 0.15) is 33.6 Å². The smallest absolute Gasteiger partial charge is 0.138 e. The van der Waals surface area contributed by atoms with Gasteiger partial charge in [0.05, 0.1) is 5.92 Å². The highest BCUT2D eigenvalue weighted by Crippen LogP contribution is 2.33. The highest BCUT2D eigenvalue weighted by atomic mass is 16.1. The lowest BCUT2D eigenvalue weighted by molar-refractivity contribution is -0.118. The third kappa shape index (κ3) is 2.16. The predicted molar refractivity (Wildman–Crippen MR) is 50.5 cm³/mol. The van der Waals surface area contributed by atoms with E-state index in [0.29, 0.717) is 5.92 Å². The molecular weight excluding hydrogens is 150 g/mol. The molecule has 1 fully saturated rings. The Hall–Kier alpha value is -0.660. The van der Waals surface area contributed by atoms with Crippen LogP contribution in [-0.2, 0) is 4.79 Å². The van der Waals surface area contributed by atoms with Crippen LogP contribution in [0, 0.1) is 11.8 Å². The van der Waals surface area contributed by atoms with Crippen LogP contribution >= 0.6 is 0 Å². The number of nitrogens with zero attached hydrogens (tertiary/aromatic N) is 1. The minimum Gasteiger partial charge on any atom is -0.299 e. The van der Waals surface area contributed by atoms with Crippen LogP contribution in [0.25, 0.3) is 0 Å². The Morgan fingerprint density at radius 1 is 1.58 bits per heavy atom. The highest BCUT2D eigenvalue weighted by molar-refractivity contribution is 6.05. The second-order valence-corrected chi connectivity index (χ2v) is 3.51. The highest BCUT2D eigenvalue weighted by Gasteiger charge is 2.31. The Bertz CT molecular complexity index is 204. The predicted octanol–water partition coefficient (Wildman–Crippen LogP) is 2.08. The minimum atomic E-state index is 0.0532. The number of aliphatic imine (C=N–C) groups is 1. The number of ketones is 1. The average molecular weight is 167 g/mol. The quantitative estimate of drug-likeness (QED) is 0.589. The zero-order chi connectivity index (χ0) is 9.14. The van der Waals surface area contributed by atoms with Crippen molar-refractivity contribution in [3.05, 3.63) is 0 Å². The van der Waals surface area contributed by atoms with E-state index in [1.807, 2.05) is 13.8 Å². The Morgan fingerprint density at radius 3 is 2.50 bits per heavy atom. The summed E-state index contributed by atoms with van der Waals surface area (Å²) < 4.78 is 0. The molecule has 1 aliphatic rings. The maximum Gasteiger partial charge on any atom is 0.138 e. The molecule has 0 aliphatic heterocycles. The summed E-state index contributed by atoms with van der Waals surface area (Å²) in [7, 11) is 0. The van der Waals surface area contributed by atoms with Crippen molar-refractivity contribution in [3.8, 4) is 0 Å². The first-order valence-electron chi connectivity index (χ1n) is 4.71. The van der Waals surface area contributed by atoms with Crippen LogP contribution in [0.15, 0.2) is 4.99 Å². The van der Waals surface area contributed by atoms with Crippen LogP contribution in [0.4, 0.5) is 0 Å². The Labute approximate surface area is 74.1 Å². The molecule has 0 amide bonds. The van der Waals surface area contributed by atoms with Gasteiger partial charge in [0.15, 0.2) is 0 Å². The van der Waals surface area contributed by atoms with Gasteiger partial charge in [-0.3, -0.25) is 9.79 Å². The molecule has 1 saturated carbocycles. The molecule has 1 unspecified atom stereocenters. The van der Waals surface area contributed by atoms with Gasteiger partial charge in [-0.25, -0.2) is 0 Å². The lowest BCUT2D eigenvalue weighted by atomic mass is 9.98. The Kier molecular flexibility index (Phi) is 3.01. The van der Waals surface area contributed by atoms with Crippen molar-refractivity contribution in [1.82, 2.24) is 0 Å². The molecule has 1 aliphatic carbocycles. The first-order chi connectivity index (χ1) is 5.66. The van der Waals surface area contributed by atoms with Gasteiger partial charge in [0.2, 0.25) is 0 Å². The van der Waals surface area contributed by atoms with E-state index in [1.54, 1.807) is 6.92 Å². The minimum absolute atomic E-state index is 0.0532. The molecule has 2 nitrogen and oxygen atoms in total. The summed E-state index contributed by atoms with van der Waals surface area (Å²) >= 11 is 0. The monoisotopic (exact) mass is 167 g/mol. The number of rotatable bonds is 4. The maximum absolute atomic E-state index is 11.1. The van der Waals surface area contributed by atoms with E-state index >= 15 is 0 Å². The lowest BCUT2D eigenvalue weighted by Gasteiger charge is -2.10. The first kappa shape index (κ1) is 9.43. The number of carbonyl (C=O) groups is 1. The van der Waals surface area contributed by atoms with Crippen LogP contribution in [0.3, 0.4) is 0 Å². The Balaban J connectivity index is 2.64. The summed E-state index contributed by atoms with van der Waals surface area (Å²) in [6.45, 7) is 6.45. The molecular formula is C10H17NO. The van der Waals surface area contributed by atoms with Gasteiger partial charge in [0.1, 0.15) is 5.78 Å².